The molecule has 5 rings (SSSR count). The smallest absolute Gasteiger partial charge is 0.268 e. The molecule has 170 valence electrons. The lowest BCUT2D eigenvalue weighted by Gasteiger charge is -2.43. The third-order valence-electron chi connectivity index (χ3n) is 6.38. The highest BCUT2D eigenvalue weighted by Crippen LogP contribution is 2.38. The van der Waals surface area contributed by atoms with Crippen LogP contribution in [-0.4, -0.2) is 62.7 Å². The van der Waals surface area contributed by atoms with E-state index < -0.39 is 16.4 Å². The second-order valence-corrected chi connectivity index (χ2v) is 10.2. The van der Waals surface area contributed by atoms with Gasteiger partial charge in [-0.1, -0.05) is 18.2 Å². The third-order valence-corrected chi connectivity index (χ3v) is 8.05. The fraction of sp³-hybridized carbons (Fsp3) is 0.391. The average Bonchev–Trinajstić information content (AvgIpc) is 3.14. The number of aryl methyl sites for hydroxylation is 1. The van der Waals surface area contributed by atoms with Crippen LogP contribution >= 0.6 is 0 Å². The van der Waals surface area contributed by atoms with Crippen molar-refractivity contribution < 1.29 is 21.9 Å². The second kappa shape index (κ2) is 8.13. The second-order valence-electron chi connectivity index (χ2n) is 8.39. The van der Waals surface area contributed by atoms with Gasteiger partial charge in [-0.25, -0.2) is 21.2 Å². The van der Waals surface area contributed by atoms with Gasteiger partial charge in [-0.05, 0) is 36.8 Å². The number of rotatable bonds is 5. The topological polar surface area (TPSA) is 54.8 Å². The first-order chi connectivity index (χ1) is 15.4. The monoisotopic (exact) mass is 461 g/mol. The Morgan fingerprint density at radius 2 is 1.75 bits per heavy atom. The summed E-state index contributed by atoms with van der Waals surface area (Å²) in [6.45, 7) is 6.29. The van der Waals surface area contributed by atoms with Crippen LogP contribution in [0.4, 0.5) is 14.5 Å². The Morgan fingerprint density at radius 1 is 1.03 bits per heavy atom. The van der Waals surface area contributed by atoms with Gasteiger partial charge >= 0.3 is 0 Å². The molecule has 9 heteroatoms. The van der Waals surface area contributed by atoms with Crippen LogP contribution < -0.4 is 4.90 Å². The molecular formula is C23H25F2N3O3S. The summed E-state index contributed by atoms with van der Waals surface area (Å²) in [4.78, 5) is 4.52. The molecule has 6 nitrogen and oxygen atoms in total. The molecule has 0 saturated carbocycles. The van der Waals surface area contributed by atoms with E-state index in [1.54, 1.807) is 43.3 Å². The number of alkyl halides is 2. The Balaban J connectivity index is 1.57. The number of hydrogen-bond acceptors (Lipinski definition) is 5. The van der Waals surface area contributed by atoms with E-state index in [1.165, 1.54) is 6.07 Å². The standard InChI is InChI=1S/C23H25F2N3O3S/c1-16-4-2-5-18(12-16)32(29,30)28-13-19(23(24)25)22-20(6-3-7-21(22)28)27-10-8-26(9-11-27)17-14-31-15-17/h2-7,12-13,17,23H,8-11,14-15H2,1H3. The van der Waals surface area contributed by atoms with E-state index in [2.05, 4.69) is 9.80 Å². The fourth-order valence-electron chi connectivity index (χ4n) is 4.55. The van der Waals surface area contributed by atoms with Gasteiger partial charge in [-0.3, -0.25) is 4.90 Å². The minimum atomic E-state index is -4.02. The molecular weight excluding hydrogens is 436 g/mol. The highest BCUT2D eigenvalue weighted by Gasteiger charge is 2.31. The summed E-state index contributed by atoms with van der Waals surface area (Å²) in [7, 11) is -4.02. The van der Waals surface area contributed by atoms with Crippen molar-refractivity contribution in [1.82, 2.24) is 8.87 Å². The lowest BCUT2D eigenvalue weighted by atomic mass is 10.1. The summed E-state index contributed by atoms with van der Waals surface area (Å²) in [5.74, 6) is 0. The number of halogens is 2. The van der Waals surface area contributed by atoms with Gasteiger partial charge in [0.2, 0.25) is 0 Å². The fourth-order valence-corrected chi connectivity index (χ4v) is 6.02. The van der Waals surface area contributed by atoms with Gasteiger partial charge in [-0.2, -0.15) is 0 Å². The van der Waals surface area contributed by atoms with Crippen molar-refractivity contribution in [3.63, 3.8) is 0 Å². The summed E-state index contributed by atoms with van der Waals surface area (Å²) >= 11 is 0. The maximum Gasteiger partial charge on any atom is 0.268 e. The Hall–Kier alpha value is -2.49. The highest BCUT2D eigenvalue weighted by molar-refractivity contribution is 7.90. The zero-order valence-corrected chi connectivity index (χ0v) is 18.6. The Kier molecular flexibility index (Phi) is 5.43. The van der Waals surface area contributed by atoms with Crippen LogP contribution in [0.15, 0.2) is 53.6 Å². The SMILES string of the molecule is Cc1cccc(S(=O)(=O)n2cc(C(F)F)c3c(N4CCN(C5COC5)CC4)cccc32)c1. The molecule has 2 aromatic carbocycles. The molecule has 32 heavy (non-hydrogen) atoms. The largest absolute Gasteiger partial charge is 0.378 e. The number of hydrogen-bond donors (Lipinski definition) is 0. The lowest BCUT2D eigenvalue weighted by Crippen LogP contribution is -2.56. The first-order valence-electron chi connectivity index (χ1n) is 10.7. The lowest BCUT2D eigenvalue weighted by molar-refractivity contribution is -0.0660. The van der Waals surface area contributed by atoms with Crippen LogP contribution in [0.3, 0.4) is 0 Å². The van der Waals surface area contributed by atoms with Crippen LogP contribution in [0.2, 0.25) is 0 Å². The van der Waals surface area contributed by atoms with Crippen molar-refractivity contribution in [2.24, 2.45) is 0 Å². The van der Waals surface area contributed by atoms with Crippen LogP contribution in [0, 0.1) is 6.92 Å². The van der Waals surface area contributed by atoms with Gasteiger partial charge in [0.1, 0.15) is 0 Å². The number of ether oxygens (including phenoxy) is 1. The molecule has 0 amide bonds. The van der Waals surface area contributed by atoms with Crippen molar-refractivity contribution >= 4 is 26.6 Å². The molecule has 2 aliphatic rings. The average molecular weight is 462 g/mol. The van der Waals surface area contributed by atoms with Crippen molar-refractivity contribution in [2.45, 2.75) is 24.3 Å². The molecule has 0 unspecified atom stereocenters. The van der Waals surface area contributed by atoms with Crippen LogP contribution in [0.5, 0.6) is 0 Å². The first-order valence-corrected chi connectivity index (χ1v) is 12.1. The number of fused-ring (bicyclic) bond motifs is 1. The minimum absolute atomic E-state index is 0.0805. The molecule has 0 radical (unpaired) electrons. The van der Waals surface area contributed by atoms with Crippen LogP contribution in [0.25, 0.3) is 10.9 Å². The van der Waals surface area contributed by atoms with Gasteiger partial charge in [0.15, 0.2) is 0 Å². The first kappa shape index (κ1) is 21.4. The van der Waals surface area contributed by atoms with Crippen LogP contribution in [-0.2, 0) is 14.8 Å². The molecule has 2 saturated heterocycles. The Labute approximate surface area is 186 Å². The van der Waals surface area contributed by atoms with Gasteiger partial charge in [0, 0.05) is 49.0 Å². The number of anilines is 1. The molecule has 3 aromatic rings. The van der Waals surface area contributed by atoms with E-state index in [-0.39, 0.29) is 16.0 Å². The molecule has 0 N–H and O–H groups in total. The van der Waals surface area contributed by atoms with E-state index in [9.17, 15) is 17.2 Å². The Morgan fingerprint density at radius 3 is 2.38 bits per heavy atom. The van der Waals surface area contributed by atoms with E-state index in [4.69, 9.17) is 4.74 Å². The molecule has 3 heterocycles. The highest BCUT2D eigenvalue weighted by atomic mass is 32.2. The maximum atomic E-state index is 14.1. The van der Waals surface area contributed by atoms with Crippen molar-refractivity contribution in [2.75, 3.05) is 44.3 Å². The zero-order valence-electron chi connectivity index (χ0n) is 17.7. The number of aromatic nitrogens is 1. The summed E-state index contributed by atoms with van der Waals surface area (Å²) in [6.07, 6.45) is -1.71. The number of piperazine rings is 1. The molecule has 1 aromatic heterocycles. The summed E-state index contributed by atoms with van der Waals surface area (Å²) in [6, 6.07) is 12.1. The normalized spacial score (nSPS) is 18.4. The van der Waals surface area contributed by atoms with E-state index in [0.717, 1.165) is 42.0 Å². The quantitative estimate of drug-likeness (QED) is 0.581. The predicted molar refractivity (Wildman–Crippen MR) is 119 cm³/mol. The van der Waals surface area contributed by atoms with Gasteiger partial charge in [0.25, 0.3) is 16.4 Å². The Bertz CT molecular complexity index is 1250. The number of nitrogens with zero attached hydrogens (tertiary/aromatic N) is 3. The minimum Gasteiger partial charge on any atom is -0.378 e. The molecule has 0 aliphatic carbocycles. The molecule has 0 atom stereocenters. The van der Waals surface area contributed by atoms with Crippen LogP contribution in [0.1, 0.15) is 17.6 Å². The maximum absolute atomic E-state index is 14.1. The molecule has 0 bridgehead atoms. The van der Waals surface area contributed by atoms with Crippen molar-refractivity contribution in [1.29, 1.82) is 0 Å². The van der Waals surface area contributed by atoms with E-state index in [1.807, 2.05) is 0 Å². The zero-order chi connectivity index (χ0) is 22.5. The van der Waals surface area contributed by atoms with E-state index in [0.29, 0.717) is 30.2 Å². The van der Waals surface area contributed by atoms with Gasteiger partial charge < -0.3 is 9.64 Å². The number of benzene rings is 2. The van der Waals surface area contributed by atoms with Gasteiger partial charge in [-0.15, -0.1) is 0 Å². The van der Waals surface area contributed by atoms with E-state index >= 15 is 0 Å². The molecule has 2 aliphatic heterocycles. The van der Waals surface area contributed by atoms with Crippen molar-refractivity contribution in [3.8, 4) is 0 Å². The molecule has 0 spiro atoms. The third kappa shape index (κ3) is 3.58. The summed E-state index contributed by atoms with van der Waals surface area (Å²) in [5.41, 5.74) is 1.45. The molecule has 2 fully saturated rings. The predicted octanol–water partition coefficient (Wildman–Crippen LogP) is 3.65. The van der Waals surface area contributed by atoms with Gasteiger partial charge in [0.05, 0.1) is 29.7 Å². The summed E-state index contributed by atoms with van der Waals surface area (Å²) < 4.78 is 61.2. The summed E-state index contributed by atoms with van der Waals surface area (Å²) in [5, 5.41) is 0.305. The van der Waals surface area contributed by atoms with Crippen molar-refractivity contribution in [3.05, 3.63) is 59.8 Å².